The Balaban J connectivity index is 2.08. The van der Waals surface area contributed by atoms with Gasteiger partial charge in [0.25, 0.3) is 5.91 Å². The van der Waals surface area contributed by atoms with Gasteiger partial charge in [0.15, 0.2) is 6.10 Å². The van der Waals surface area contributed by atoms with Crippen molar-refractivity contribution in [3.8, 4) is 5.75 Å². The normalized spacial score (nSPS) is 11.9. The minimum Gasteiger partial charge on any atom is -0.481 e. The number of anilines is 1. The van der Waals surface area contributed by atoms with Gasteiger partial charge in [-0.05, 0) is 74.9 Å². The zero-order valence-electron chi connectivity index (χ0n) is 14.3. The molecule has 0 aliphatic rings. The Kier molecular flexibility index (Phi) is 5.72. The summed E-state index contributed by atoms with van der Waals surface area (Å²) in [6.45, 7) is 7.85. The van der Waals surface area contributed by atoms with Crippen molar-refractivity contribution in [1.29, 1.82) is 0 Å². The van der Waals surface area contributed by atoms with Crippen LogP contribution in [0.15, 0.2) is 41.3 Å². The van der Waals surface area contributed by atoms with Gasteiger partial charge in [0.1, 0.15) is 5.75 Å². The minimum atomic E-state index is -0.562. The maximum atomic E-state index is 12.4. The first-order chi connectivity index (χ1) is 10.9. The minimum absolute atomic E-state index is 0.151. The summed E-state index contributed by atoms with van der Waals surface area (Å²) in [6, 6.07) is 11.9. The van der Waals surface area contributed by atoms with Crippen LogP contribution in [0.5, 0.6) is 5.75 Å². The predicted molar refractivity (Wildman–Crippen MR) is 97.6 cm³/mol. The highest BCUT2D eigenvalue weighted by molar-refractivity contribution is 7.98. The van der Waals surface area contributed by atoms with Crippen LogP contribution in [0.4, 0.5) is 5.69 Å². The highest BCUT2D eigenvalue weighted by atomic mass is 32.2. The molecule has 23 heavy (non-hydrogen) atoms. The average Bonchev–Trinajstić information content (AvgIpc) is 2.52. The topological polar surface area (TPSA) is 38.3 Å². The fraction of sp³-hybridized carbons (Fsp3) is 0.316. The van der Waals surface area contributed by atoms with E-state index in [4.69, 9.17) is 4.74 Å². The highest BCUT2D eigenvalue weighted by Crippen LogP contribution is 2.25. The summed E-state index contributed by atoms with van der Waals surface area (Å²) in [5.41, 5.74) is 4.15. The van der Waals surface area contributed by atoms with Gasteiger partial charge in [0.2, 0.25) is 0 Å². The van der Waals surface area contributed by atoms with E-state index in [1.54, 1.807) is 18.7 Å². The first kappa shape index (κ1) is 17.4. The van der Waals surface area contributed by atoms with Crippen molar-refractivity contribution in [2.45, 2.75) is 38.7 Å². The van der Waals surface area contributed by atoms with E-state index in [-0.39, 0.29) is 5.91 Å². The quantitative estimate of drug-likeness (QED) is 0.805. The molecule has 0 radical (unpaired) electrons. The number of carbonyl (C=O) groups excluding carboxylic acids is 1. The molecule has 0 bridgehead atoms. The van der Waals surface area contributed by atoms with Gasteiger partial charge in [0, 0.05) is 10.6 Å². The number of amides is 1. The van der Waals surface area contributed by atoms with Gasteiger partial charge in [-0.15, -0.1) is 11.8 Å². The number of hydrogen-bond acceptors (Lipinski definition) is 3. The highest BCUT2D eigenvalue weighted by Gasteiger charge is 2.16. The summed E-state index contributed by atoms with van der Waals surface area (Å²) in [6.07, 6.45) is 1.45. The SMILES string of the molecule is CSc1cccc(NC(=O)[C@@H](C)Oc2cc(C)cc(C)c2C)c1. The zero-order valence-corrected chi connectivity index (χ0v) is 15.1. The van der Waals surface area contributed by atoms with Gasteiger partial charge in [0.05, 0.1) is 0 Å². The Hall–Kier alpha value is -1.94. The van der Waals surface area contributed by atoms with Gasteiger partial charge >= 0.3 is 0 Å². The standard InChI is InChI=1S/C19H23NO2S/c1-12-9-13(2)14(3)18(10-12)22-15(4)19(21)20-16-7-6-8-17(11-16)23-5/h6-11,15H,1-5H3,(H,20,21)/t15-/m1/s1. The third-order valence-corrected chi connectivity index (χ3v) is 4.50. The number of nitrogens with one attached hydrogen (secondary N) is 1. The first-order valence-electron chi connectivity index (χ1n) is 7.60. The van der Waals surface area contributed by atoms with Crippen LogP contribution in [0.25, 0.3) is 0 Å². The van der Waals surface area contributed by atoms with E-state index in [2.05, 4.69) is 11.4 Å². The fourth-order valence-electron chi connectivity index (χ4n) is 2.31. The molecule has 0 aliphatic carbocycles. The molecule has 0 heterocycles. The number of benzene rings is 2. The molecule has 2 rings (SSSR count). The maximum Gasteiger partial charge on any atom is 0.265 e. The van der Waals surface area contributed by atoms with Crippen LogP contribution in [0, 0.1) is 20.8 Å². The predicted octanol–water partition coefficient (Wildman–Crippen LogP) is 4.74. The largest absolute Gasteiger partial charge is 0.481 e. The van der Waals surface area contributed by atoms with Crippen LogP contribution in [0.2, 0.25) is 0 Å². The van der Waals surface area contributed by atoms with Crippen molar-refractivity contribution in [2.24, 2.45) is 0 Å². The number of thioether (sulfide) groups is 1. The lowest BCUT2D eigenvalue weighted by Gasteiger charge is -2.18. The van der Waals surface area contributed by atoms with Gasteiger partial charge in [-0.2, -0.15) is 0 Å². The third kappa shape index (κ3) is 4.52. The summed E-state index contributed by atoms with van der Waals surface area (Å²) in [7, 11) is 0. The van der Waals surface area contributed by atoms with Crippen LogP contribution in [0.3, 0.4) is 0 Å². The molecule has 2 aromatic rings. The fourth-order valence-corrected chi connectivity index (χ4v) is 2.77. The lowest BCUT2D eigenvalue weighted by molar-refractivity contribution is -0.122. The molecule has 0 saturated carbocycles. The smallest absolute Gasteiger partial charge is 0.265 e. The van der Waals surface area contributed by atoms with E-state index < -0.39 is 6.10 Å². The summed E-state index contributed by atoms with van der Waals surface area (Å²) in [5, 5.41) is 2.91. The molecular formula is C19H23NO2S. The van der Waals surface area contributed by atoms with Crippen molar-refractivity contribution in [3.63, 3.8) is 0 Å². The van der Waals surface area contributed by atoms with Gasteiger partial charge in [-0.1, -0.05) is 12.1 Å². The molecule has 1 N–H and O–H groups in total. The van der Waals surface area contributed by atoms with E-state index in [1.165, 1.54) is 5.56 Å². The van der Waals surface area contributed by atoms with E-state index in [1.807, 2.05) is 57.4 Å². The molecule has 0 fully saturated rings. The summed E-state index contributed by atoms with van der Waals surface area (Å²) < 4.78 is 5.88. The van der Waals surface area contributed by atoms with E-state index >= 15 is 0 Å². The summed E-state index contributed by atoms with van der Waals surface area (Å²) in [5.74, 6) is 0.616. The van der Waals surface area contributed by atoms with E-state index in [0.717, 1.165) is 27.5 Å². The Bertz CT molecular complexity index is 713. The number of rotatable bonds is 5. The van der Waals surface area contributed by atoms with Crippen LogP contribution >= 0.6 is 11.8 Å². The Morgan fingerprint density at radius 2 is 1.91 bits per heavy atom. The number of ether oxygens (including phenoxy) is 1. The Labute approximate surface area is 142 Å². The lowest BCUT2D eigenvalue weighted by Crippen LogP contribution is -2.30. The molecule has 0 unspecified atom stereocenters. The molecule has 122 valence electrons. The monoisotopic (exact) mass is 329 g/mol. The first-order valence-corrected chi connectivity index (χ1v) is 8.82. The van der Waals surface area contributed by atoms with Gasteiger partial charge < -0.3 is 10.1 Å². The van der Waals surface area contributed by atoms with Crippen molar-refractivity contribution >= 4 is 23.4 Å². The average molecular weight is 329 g/mol. The third-order valence-electron chi connectivity index (χ3n) is 3.77. The van der Waals surface area contributed by atoms with Gasteiger partial charge in [-0.3, -0.25) is 4.79 Å². The van der Waals surface area contributed by atoms with E-state index in [9.17, 15) is 4.79 Å². The van der Waals surface area contributed by atoms with Crippen LogP contribution in [-0.4, -0.2) is 18.3 Å². The number of carbonyl (C=O) groups is 1. The van der Waals surface area contributed by atoms with Crippen LogP contribution in [0.1, 0.15) is 23.6 Å². The molecular weight excluding hydrogens is 306 g/mol. The molecule has 2 aromatic carbocycles. The second-order valence-electron chi connectivity index (χ2n) is 5.69. The molecule has 0 aromatic heterocycles. The second-order valence-corrected chi connectivity index (χ2v) is 6.57. The lowest BCUT2D eigenvalue weighted by atomic mass is 10.1. The molecule has 0 spiro atoms. The van der Waals surface area contributed by atoms with Crippen LogP contribution < -0.4 is 10.1 Å². The van der Waals surface area contributed by atoms with Gasteiger partial charge in [-0.25, -0.2) is 0 Å². The molecule has 4 heteroatoms. The Morgan fingerprint density at radius 3 is 2.61 bits per heavy atom. The van der Waals surface area contributed by atoms with Crippen molar-refractivity contribution in [1.82, 2.24) is 0 Å². The summed E-state index contributed by atoms with van der Waals surface area (Å²) >= 11 is 1.64. The second kappa shape index (κ2) is 7.55. The zero-order chi connectivity index (χ0) is 17.0. The van der Waals surface area contributed by atoms with E-state index in [0.29, 0.717) is 0 Å². The Morgan fingerprint density at radius 1 is 1.17 bits per heavy atom. The molecule has 0 saturated heterocycles. The van der Waals surface area contributed by atoms with Crippen molar-refractivity contribution in [2.75, 3.05) is 11.6 Å². The molecule has 0 aliphatic heterocycles. The molecule has 1 amide bonds. The van der Waals surface area contributed by atoms with Crippen molar-refractivity contribution in [3.05, 3.63) is 53.1 Å². The number of aryl methyl sites for hydroxylation is 2. The molecule has 3 nitrogen and oxygen atoms in total. The summed E-state index contributed by atoms with van der Waals surface area (Å²) in [4.78, 5) is 13.5. The van der Waals surface area contributed by atoms with Crippen LogP contribution in [-0.2, 0) is 4.79 Å². The van der Waals surface area contributed by atoms with Crippen molar-refractivity contribution < 1.29 is 9.53 Å². The maximum absolute atomic E-state index is 12.4. The molecule has 1 atom stereocenters. The number of hydrogen-bond donors (Lipinski definition) is 1.